The van der Waals surface area contributed by atoms with Crippen molar-refractivity contribution in [3.8, 4) is 0 Å². The van der Waals surface area contributed by atoms with Crippen LogP contribution in [0.3, 0.4) is 0 Å². The Morgan fingerprint density at radius 2 is 2.17 bits per heavy atom. The molecule has 1 saturated heterocycles. The Hall–Kier alpha value is -1.73. The van der Waals surface area contributed by atoms with Crippen LogP contribution in [-0.2, 0) is 19.1 Å². The molecule has 7 heteroatoms. The molecule has 7 nitrogen and oxygen atoms in total. The fourth-order valence-electron chi connectivity index (χ4n) is 2.80. The highest BCUT2D eigenvalue weighted by atomic mass is 16.5. The van der Waals surface area contributed by atoms with Crippen LogP contribution in [0.5, 0.6) is 0 Å². The smallest absolute Gasteiger partial charge is 0.257 e. The first-order chi connectivity index (χ1) is 10.9. The summed E-state index contributed by atoms with van der Waals surface area (Å²) < 4.78 is 5.66. The molecule has 2 heterocycles. The minimum atomic E-state index is -0.431. The Morgan fingerprint density at radius 1 is 1.43 bits per heavy atom. The van der Waals surface area contributed by atoms with Gasteiger partial charge in [0, 0.05) is 37.8 Å². The van der Waals surface area contributed by atoms with Gasteiger partial charge in [0.25, 0.3) is 11.8 Å². The topological polar surface area (TPSA) is 79.0 Å². The van der Waals surface area contributed by atoms with Crippen molar-refractivity contribution in [2.75, 3.05) is 39.3 Å². The van der Waals surface area contributed by atoms with Crippen molar-refractivity contribution in [3.05, 3.63) is 11.6 Å². The number of carbonyl (C=O) groups excluding carboxylic acids is 3. The maximum absolute atomic E-state index is 11.9. The molecule has 0 saturated carbocycles. The zero-order valence-electron chi connectivity index (χ0n) is 14.0. The second-order valence-electron chi connectivity index (χ2n) is 6.51. The second-order valence-corrected chi connectivity index (χ2v) is 6.51. The van der Waals surface area contributed by atoms with Gasteiger partial charge in [-0.15, -0.1) is 0 Å². The Morgan fingerprint density at radius 3 is 2.78 bits per heavy atom. The van der Waals surface area contributed by atoms with E-state index in [0.717, 1.165) is 24.5 Å². The van der Waals surface area contributed by atoms with Gasteiger partial charge in [-0.25, -0.2) is 0 Å². The van der Waals surface area contributed by atoms with Gasteiger partial charge < -0.3 is 10.1 Å². The highest BCUT2D eigenvalue weighted by Gasteiger charge is 2.30. The van der Waals surface area contributed by atoms with Crippen molar-refractivity contribution in [3.63, 3.8) is 0 Å². The monoisotopic (exact) mass is 323 g/mol. The van der Waals surface area contributed by atoms with Gasteiger partial charge in [-0.2, -0.15) is 0 Å². The summed E-state index contributed by atoms with van der Waals surface area (Å²) in [7, 11) is 0. The molecule has 0 radical (unpaired) electrons. The molecule has 1 fully saturated rings. The summed E-state index contributed by atoms with van der Waals surface area (Å²) >= 11 is 0. The van der Waals surface area contributed by atoms with E-state index < -0.39 is 11.8 Å². The standard InChI is InChI=1S/C16H25N3O4/c1-11(2)8-18-4-5-23-13(9-18)7-17-14(20)10-19-15(21)6-12(3)16(19)22/h6,11,13H,4-5,7-10H2,1-3H3,(H,17,20). The SMILES string of the molecule is CC1=CC(=O)N(CC(=O)NCC2CN(CC(C)C)CCO2)C1=O. The maximum atomic E-state index is 11.9. The summed E-state index contributed by atoms with van der Waals surface area (Å²) in [5.41, 5.74) is 0.364. The van der Waals surface area contributed by atoms with Crippen LogP contribution < -0.4 is 5.32 Å². The summed E-state index contributed by atoms with van der Waals surface area (Å²) in [5.74, 6) is -0.590. The highest BCUT2D eigenvalue weighted by Crippen LogP contribution is 2.11. The lowest BCUT2D eigenvalue weighted by molar-refractivity contribution is -0.141. The number of hydrogen-bond donors (Lipinski definition) is 1. The number of ether oxygens (including phenoxy) is 1. The summed E-state index contributed by atoms with van der Waals surface area (Å²) in [6, 6.07) is 0. The van der Waals surface area contributed by atoms with Crippen LogP contribution in [-0.4, -0.2) is 73.0 Å². The molecular weight excluding hydrogens is 298 g/mol. The molecule has 0 aromatic heterocycles. The molecule has 0 bridgehead atoms. The molecule has 0 aliphatic carbocycles. The van der Waals surface area contributed by atoms with Crippen molar-refractivity contribution in [1.82, 2.24) is 15.1 Å². The lowest BCUT2D eigenvalue weighted by atomic mass is 10.2. The molecule has 23 heavy (non-hydrogen) atoms. The Kier molecular flexibility index (Phi) is 5.90. The Balaban J connectivity index is 1.74. The average molecular weight is 323 g/mol. The third kappa shape index (κ3) is 4.87. The molecule has 0 aromatic carbocycles. The van der Waals surface area contributed by atoms with Crippen molar-refractivity contribution in [1.29, 1.82) is 0 Å². The predicted octanol–water partition coefficient (Wildman–Crippen LogP) is -0.225. The largest absolute Gasteiger partial charge is 0.374 e. The number of carbonyl (C=O) groups is 3. The van der Waals surface area contributed by atoms with E-state index in [1.165, 1.54) is 6.08 Å². The number of nitrogens with zero attached hydrogens (tertiary/aromatic N) is 2. The van der Waals surface area contributed by atoms with Crippen LogP contribution in [0, 0.1) is 5.92 Å². The number of imide groups is 1. The summed E-state index contributed by atoms with van der Waals surface area (Å²) in [4.78, 5) is 38.6. The minimum Gasteiger partial charge on any atom is -0.374 e. The van der Waals surface area contributed by atoms with Crippen LogP contribution in [0.2, 0.25) is 0 Å². The average Bonchev–Trinajstić information content (AvgIpc) is 2.71. The quantitative estimate of drug-likeness (QED) is 0.684. The van der Waals surface area contributed by atoms with E-state index in [4.69, 9.17) is 4.74 Å². The number of rotatable bonds is 6. The lowest BCUT2D eigenvalue weighted by Crippen LogP contribution is -2.49. The minimum absolute atomic E-state index is 0.0590. The van der Waals surface area contributed by atoms with Gasteiger partial charge in [0.1, 0.15) is 6.54 Å². The van der Waals surface area contributed by atoms with E-state index in [1.807, 2.05) is 0 Å². The van der Waals surface area contributed by atoms with E-state index >= 15 is 0 Å². The first-order valence-corrected chi connectivity index (χ1v) is 8.01. The molecule has 2 aliphatic heterocycles. The summed E-state index contributed by atoms with van der Waals surface area (Å²) in [6.07, 6.45) is 1.19. The fraction of sp³-hybridized carbons (Fsp3) is 0.688. The van der Waals surface area contributed by atoms with Crippen LogP contribution in [0.4, 0.5) is 0 Å². The van der Waals surface area contributed by atoms with Gasteiger partial charge in [-0.3, -0.25) is 24.2 Å². The molecular formula is C16H25N3O4. The van der Waals surface area contributed by atoms with E-state index in [2.05, 4.69) is 24.1 Å². The fourth-order valence-corrected chi connectivity index (χ4v) is 2.80. The highest BCUT2D eigenvalue weighted by molar-refractivity contribution is 6.17. The van der Waals surface area contributed by atoms with Gasteiger partial charge in [-0.05, 0) is 12.8 Å². The van der Waals surface area contributed by atoms with E-state index in [1.54, 1.807) is 6.92 Å². The van der Waals surface area contributed by atoms with Gasteiger partial charge in [0.2, 0.25) is 5.91 Å². The number of hydrogen-bond acceptors (Lipinski definition) is 5. The molecule has 3 amide bonds. The Labute approximate surface area is 136 Å². The number of nitrogens with one attached hydrogen (secondary N) is 1. The third-order valence-electron chi connectivity index (χ3n) is 3.86. The summed E-state index contributed by atoms with van der Waals surface area (Å²) in [5, 5.41) is 2.75. The van der Waals surface area contributed by atoms with Crippen LogP contribution in [0.25, 0.3) is 0 Å². The number of morpholine rings is 1. The molecule has 1 atom stereocenters. The van der Waals surface area contributed by atoms with Crippen LogP contribution in [0.1, 0.15) is 20.8 Å². The maximum Gasteiger partial charge on any atom is 0.257 e. The predicted molar refractivity (Wildman–Crippen MR) is 84.5 cm³/mol. The van der Waals surface area contributed by atoms with E-state index in [0.29, 0.717) is 24.6 Å². The first-order valence-electron chi connectivity index (χ1n) is 8.01. The molecule has 0 aromatic rings. The van der Waals surface area contributed by atoms with Crippen molar-refractivity contribution >= 4 is 17.7 Å². The molecule has 2 rings (SSSR count). The normalized spacial score (nSPS) is 22.7. The zero-order valence-corrected chi connectivity index (χ0v) is 14.0. The van der Waals surface area contributed by atoms with Gasteiger partial charge in [0.15, 0.2) is 0 Å². The molecule has 0 spiro atoms. The van der Waals surface area contributed by atoms with Gasteiger partial charge in [-0.1, -0.05) is 13.8 Å². The molecule has 1 unspecified atom stereocenters. The van der Waals surface area contributed by atoms with Crippen molar-refractivity contribution in [2.45, 2.75) is 26.9 Å². The molecule has 2 aliphatic rings. The van der Waals surface area contributed by atoms with E-state index in [9.17, 15) is 14.4 Å². The van der Waals surface area contributed by atoms with Gasteiger partial charge in [0.05, 0.1) is 12.7 Å². The Bertz CT molecular complexity index is 515. The van der Waals surface area contributed by atoms with Crippen molar-refractivity contribution < 1.29 is 19.1 Å². The third-order valence-corrected chi connectivity index (χ3v) is 3.86. The van der Waals surface area contributed by atoms with Crippen LogP contribution in [0.15, 0.2) is 11.6 Å². The van der Waals surface area contributed by atoms with E-state index in [-0.39, 0.29) is 18.6 Å². The second kappa shape index (κ2) is 7.70. The molecule has 1 N–H and O–H groups in total. The van der Waals surface area contributed by atoms with Crippen LogP contribution >= 0.6 is 0 Å². The number of amides is 3. The van der Waals surface area contributed by atoms with Crippen molar-refractivity contribution in [2.24, 2.45) is 5.92 Å². The zero-order chi connectivity index (χ0) is 17.0. The lowest BCUT2D eigenvalue weighted by Gasteiger charge is -2.34. The summed E-state index contributed by atoms with van der Waals surface area (Å²) in [6.45, 7) is 9.40. The first kappa shape index (κ1) is 17.6. The van der Waals surface area contributed by atoms with Gasteiger partial charge >= 0.3 is 0 Å². The molecule has 128 valence electrons.